The summed E-state index contributed by atoms with van der Waals surface area (Å²) >= 11 is 0. The van der Waals surface area contributed by atoms with Crippen molar-refractivity contribution in [1.82, 2.24) is 5.32 Å². The molecule has 0 aliphatic heterocycles. The largest absolute Gasteiger partial charge is 0.394 e. The van der Waals surface area contributed by atoms with E-state index in [2.05, 4.69) is 26.1 Å². The SMILES string of the molecule is CCCO[Si](CC)(CCCNCN)OCCC. The van der Waals surface area contributed by atoms with E-state index in [0.29, 0.717) is 6.67 Å². The maximum atomic E-state index is 6.07. The van der Waals surface area contributed by atoms with Crippen LogP contribution in [-0.2, 0) is 8.85 Å². The van der Waals surface area contributed by atoms with Gasteiger partial charge in [0.05, 0.1) is 0 Å². The summed E-state index contributed by atoms with van der Waals surface area (Å²) in [6.45, 7) is 9.63. The van der Waals surface area contributed by atoms with Gasteiger partial charge in [0.25, 0.3) is 0 Å². The lowest BCUT2D eigenvalue weighted by atomic mass is 10.5. The molecule has 3 N–H and O–H groups in total. The number of rotatable bonds is 12. The van der Waals surface area contributed by atoms with Gasteiger partial charge in [-0.3, -0.25) is 0 Å². The molecule has 0 unspecified atom stereocenters. The Kier molecular flexibility index (Phi) is 11.2. The fraction of sp³-hybridized carbons (Fsp3) is 1.00. The molecule has 0 fully saturated rings. The van der Waals surface area contributed by atoms with Crippen molar-refractivity contribution in [3.8, 4) is 0 Å². The van der Waals surface area contributed by atoms with Crippen LogP contribution in [0.2, 0.25) is 12.1 Å². The summed E-state index contributed by atoms with van der Waals surface area (Å²) in [5.74, 6) is 0. The lowest BCUT2D eigenvalue weighted by Gasteiger charge is -2.29. The second-order valence-corrected chi connectivity index (χ2v) is 7.87. The van der Waals surface area contributed by atoms with E-state index >= 15 is 0 Å². The molecule has 0 saturated heterocycles. The molecule has 0 aromatic rings. The highest BCUT2D eigenvalue weighted by Crippen LogP contribution is 2.21. The third kappa shape index (κ3) is 7.89. The standard InChI is InChI=1S/C12H30N2O2Si/c1-4-9-15-17(6-3,16-10-5-2)11-7-8-14-12-13/h14H,4-13H2,1-3H3. The van der Waals surface area contributed by atoms with Crippen LogP contribution in [0.3, 0.4) is 0 Å². The smallest absolute Gasteiger partial charge is 0.337 e. The van der Waals surface area contributed by atoms with Crippen LogP contribution >= 0.6 is 0 Å². The topological polar surface area (TPSA) is 56.5 Å². The van der Waals surface area contributed by atoms with Gasteiger partial charge in [-0.05, 0) is 37.9 Å². The van der Waals surface area contributed by atoms with Crippen molar-refractivity contribution in [2.75, 3.05) is 26.4 Å². The molecule has 0 saturated carbocycles. The zero-order chi connectivity index (χ0) is 13.0. The average Bonchev–Trinajstić information content (AvgIpc) is 2.37. The fourth-order valence-corrected chi connectivity index (χ4v) is 4.73. The maximum absolute atomic E-state index is 6.07. The summed E-state index contributed by atoms with van der Waals surface area (Å²) in [7, 11) is -1.94. The fourth-order valence-electron chi connectivity index (χ4n) is 1.73. The Hall–Kier alpha value is 0.0569. The first-order valence-corrected chi connectivity index (χ1v) is 9.16. The van der Waals surface area contributed by atoms with Gasteiger partial charge >= 0.3 is 8.56 Å². The van der Waals surface area contributed by atoms with E-state index in [9.17, 15) is 0 Å². The molecule has 0 rings (SSSR count). The van der Waals surface area contributed by atoms with Crippen LogP contribution in [-0.4, -0.2) is 35.0 Å². The second kappa shape index (κ2) is 11.2. The predicted molar refractivity (Wildman–Crippen MR) is 75.2 cm³/mol. The molecule has 4 nitrogen and oxygen atoms in total. The molecule has 104 valence electrons. The van der Waals surface area contributed by atoms with Crippen molar-refractivity contribution in [3.05, 3.63) is 0 Å². The summed E-state index contributed by atoms with van der Waals surface area (Å²) in [5.41, 5.74) is 5.41. The van der Waals surface area contributed by atoms with Gasteiger partial charge in [0.15, 0.2) is 0 Å². The van der Waals surface area contributed by atoms with Gasteiger partial charge in [-0.2, -0.15) is 0 Å². The van der Waals surface area contributed by atoms with E-state index in [1.807, 2.05) is 0 Å². The van der Waals surface area contributed by atoms with Gasteiger partial charge in [-0.1, -0.05) is 20.8 Å². The normalized spacial score (nSPS) is 12.0. The van der Waals surface area contributed by atoms with Gasteiger partial charge in [0.1, 0.15) is 0 Å². The zero-order valence-corrected chi connectivity index (χ0v) is 12.8. The van der Waals surface area contributed by atoms with Crippen molar-refractivity contribution in [2.45, 2.75) is 52.1 Å². The molecule has 0 aliphatic rings. The van der Waals surface area contributed by atoms with Crippen LogP contribution in [0, 0.1) is 0 Å². The monoisotopic (exact) mass is 262 g/mol. The Bertz CT molecular complexity index is 163. The van der Waals surface area contributed by atoms with E-state index in [4.69, 9.17) is 14.6 Å². The summed E-state index contributed by atoms with van der Waals surface area (Å²) < 4.78 is 12.1. The van der Waals surface area contributed by atoms with Crippen LogP contribution in [0.15, 0.2) is 0 Å². The molecule has 17 heavy (non-hydrogen) atoms. The highest BCUT2D eigenvalue weighted by Gasteiger charge is 2.34. The minimum Gasteiger partial charge on any atom is -0.394 e. The molecule has 0 aromatic carbocycles. The molecule has 0 atom stereocenters. The lowest BCUT2D eigenvalue weighted by molar-refractivity contribution is 0.167. The molecule has 0 amide bonds. The van der Waals surface area contributed by atoms with Crippen LogP contribution in [0.1, 0.15) is 40.0 Å². The van der Waals surface area contributed by atoms with Gasteiger partial charge in [0, 0.05) is 19.9 Å². The number of nitrogens with two attached hydrogens (primary N) is 1. The highest BCUT2D eigenvalue weighted by molar-refractivity contribution is 6.67. The van der Waals surface area contributed by atoms with Crippen LogP contribution in [0.25, 0.3) is 0 Å². The molecular formula is C12H30N2O2Si. The maximum Gasteiger partial charge on any atom is 0.337 e. The average molecular weight is 262 g/mol. The van der Waals surface area contributed by atoms with E-state index in [1.54, 1.807) is 0 Å². The first-order valence-electron chi connectivity index (χ1n) is 6.93. The Labute approximate surface area is 107 Å². The molecule has 0 bridgehead atoms. The summed E-state index contributed by atoms with van der Waals surface area (Å²) in [4.78, 5) is 0. The second-order valence-electron chi connectivity index (χ2n) is 4.27. The van der Waals surface area contributed by atoms with Crippen molar-refractivity contribution >= 4 is 8.56 Å². The van der Waals surface area contributed by atoms with Crippen molar-refractivity contribution in [1.29, 1.82) is 0 Å². The number of hydrogen-bond donors (Lipinski definition) is 2. The third-order valence-corrected chi connectivity index (χ3v) is 6.39. The van der Waals surface area contributed by atoms with Gasteiger partial charge in [-0.25, -0.2) is 0 Å². The van der Waals surface area contributed by atoms with Gasteiger partial charge in [-0.15, -0.1) is 0 Å². The summed E-state index contributed by atoms with van der Waals surface area (Å²) in [6, 6.07) is 2.10. The van der Waals surface area contributed by atoms with Crippen LogP contribution in [0.4, 0.5) is 0 Å². The molecule has 0 aliphatic carbocycles. The Morgan fingerprint density at radius 1 is 1.06 bits per heavy atom. The van der Waals surface area contributed by atoms with Gasteiger partial charge in [0.2, 0.25) is 0 Å². The van der Waals surface area contributed by atoms with Crippen molar-refractivity contribution in [3.63, 3.8) is 0 Å². The Morgan fingerprint density at radius 3 is 2.06 bits per heavy atom. The van der Waals surface area contributed by atoms with Crippen molar-refractivity contribution < 1.29 is 8.85 Å². The molecule has 0 radical (unpaired) electrons. The zero-order valence-electron chi connectivity index (χ0n) is 11.8. The molecular weight excluding hydrogens is 232 g/mol. The summed E-state index contributed by atoms with van der Waals surface area (Å²) in [5, 5.41) is 3.15. The molecule has 0 spiro atoms. The summed E-state index contributed by atoms with van der Waals surface area (Å²) in [6.07, 6.45) is 3.21. The van der Waals surface area contributed by atoms with E-state index < -0.39 is 8.56 Å². The number of nitrogens with one attached hydrogen (secondary N) is 1. The highest BCUT2D eigenvalue weighted by atomic mass is 28.4. The van der Waals surface area contributed by atoms with Crippen LogP contribution in [0.5, 0.6) is 0 Å². The molecule has 0 heterocycles. The number of hydrogen-bond acceptors (Lipinski definition) is 4. The van der Waals surface area contributed by atoms with E-state index in [-0.39, 0.29) is 0 Å². The Balaban J connectivity index is 4.12. The Morgan fingerprint density at radius 2 is 1.65 bits per heavy atom. The predicted octanol–water partition coefficient (Wildman–Crippen LogP) is 2.20. The lowest BCUT2D eigenvalue weighted by Crippen LogP contribution is -2.42. The van der Waals surface area contributed by atoms with Crippen molar-refractivity contribution in [2.24, 2.45) is 5.73 Å². The third-order valence-electron chi connectivity index (χ3n) is 2.73. The minimum absolute atomic E-state index is 0.548. The first kappa shape index (κ1) is 17.1. The van der Waals surface area contributed by atoms with Crippen LogP contribution < -0.4 is 11.1 Å². The van der Waals surface area contributed by atoms with E-state index in [0.717, 1.165) is 51.1 Å². The first-order chi connectivity index (χ1) is 8.24. The van der Waals surface area contributed by atoms with Gasteiger partial charge < -0.3 is 19.9 Å². The minimum atomic E-state index is -1.94. The van der Waals surface area contributed by atoms with E-state index in [1.165, 1.54) is 0 Å². The quantitative estimate of drug-likeness (QED) is 0.322. The molecule has 5 heteroatoms. The molecule has 0 aromatic heterocycles.